The van der Waals surface area contributed by atoms with Crippen molar-refractivity contribution in [1.29, 1.82) is 0 Å². The molecule has 2 rings (SSSR count). The molecule has 6 nitrogen and oxygen atoms in total. The number of aromatic hydroxyl groups is 1. The second kappa shape index (κ2) is 5.88. The van der Waals surface area contributed by atoms with Crippen molar-refractivity contribution in [3.05, 3.63) is 58.1 Å². The average molecular weight is 340 g/mol. The highest BCUT2D eigenvalue weighted by Crippen LogP contribution is 2.24. The molecule has 2 aromatic carbocycles. The van der Waals surface area contributed by atoms with Crippen LogP contribution in [0.25, 0.3) is 0 Å². The largest absolute Gasteiger partial charge is 0.507 e. The number of aldehydes is 1. The Morgan fingerprint density at radius 1 is 1.14 bits per heavy atom. The predicted molar refractivity (Wildman–Crippen MR) is 79.8 cm³/mol. The predicted octanol–water partition coefficient (Wildman–Crippen LogP) is 1.74. The molecule has 2 aromatic rings. The molecule has 0 saturated carbocycles. The lowest BCUT2D eigenvalue weighted by Gasteiger charge is -2.06. The summed E-state index contributed by atoms with van der Waals surface area (Å²) in [5.41, 5.74) is 0.102. The molecule has 0 aliphatic rings. The van der Waals surface area contributed by atoms with Gasteiger partial charge < -0.3 is 5.11 Å². The number of hydrogen-bond acceptors (Lipinski definition) is 5. The number of nitrogens with two attached hydrogens (primary N) is 1. The van der Waals surface area contributed by atoms with E-state index in [4.69, 9.17) is 16.7 Å². The summed E-state index contributed by atoms with van der Waals surface area (Å²) in [6, 6.07) is 7.37. The Hall–Kier alpha value is -2.22. The number of ketones is 1. The van der Waals surface area contributed by atoms with Gasteiger partial charge in [-0.1, -0.05) is 11.6 Å². The Morgan fingerprint density at radius 2 is 1.73 bits per heavy atom. The quantitative estimate of drug-likeness (QED) is 0.650. The number of halogens is 1. The van der Waals surface area contributed by atoms with Crippen LogP contribution in [-0.4, -0.2) is 25.6 Å². The SMILES string of the molecule is NS(=O)(=O)c1cc(C(=O)c2ccc(O)c(C=O)c2)ccc1Cl. The molecule has 0 bridgehead atoms. The standard InChI is InChI=1S/C14H10ClNO5S/c15-11-3-1-9(6-13(11)22(16,20)21)14(19)8-2-4-12(18)10(5-8)7-17/h1-7,18H,(H2,16,20,21). The van der Waals surface area contributed by atoms with Gasteiger partial charge in [0.2, 0.25) is 10.0 Å². The molecule has 8 heteroatoms. The van der Waals surface area contributed by atoms with E-state index in [1.807, 2.05) is 0 Å². The first kappa shape index (κ1) is 16.2. The van der Waals surface area contributed by atoms with Gasteiger partial charge in [-0.3, -0.25) is 9.59 Å². The van der Waals surface area contributed by atoms with Crippen LogP contribution in [0.1, 0.15) is 26.3 Å². The second-order valence-corrected chi connectivity index (χ2v) is 6.35. The van der Waals surface area contributed by atoms with Gasteiger partial charge in [0.05, 0.1) is 10.6 Å². The fraction of sp³-hybridized carbons (Fsp3) is 0. The zero-order chi connectivity index (χ0) is 16.5. The molecule has 0 heterocycles. The Morgan fingerprint density at radius 3 is 2.32 bits per heavy atom. The molecule has 0 saturated heterocycles. The number of sulfonamides is 1. The number of primary sulfonamides is 1. The van der Waals surface area contributed by atoms with E-state index in [9.17, 15) is 23.1 Å². The lowest BCUT2D eigenvalue weighted by atomic mass is 10.0. The van der Waals surface area contributed by atoms with Crippen molar-refractivity contribution in [1.82, 2.24) is 0 Å². The van der Waals surface area contributed by atoms with Crippen molar-refractivity contribution in [2.24, 2.45) is 5.14 Å². The van der Waals surface area contributed by atoms with E-state index in [1.54, 1.807) is 0 Å². The molecule has 0 aromatic heterocycles. The third kappa shape index (κ3) is 3.16. The number of phenolic OH excluding ortho intramolecular Hbond substituents is 1. The summed E-state index contributed by atoms with van der Waals surface area (Å²) < 4.78 is 22.8. The molecule has 0 aliphatic carbocycles. The molecule has 0 aliphatic heterocycles. The van der Waals surface area contributed by atoms with Gasteiger partial charge in [0.15, 0.2) is 12.1 Å². The fourth-order valence-electron chi connectivity index (χ4n) is 1.82. The van der Waals surface area contributed by atoms with Gasteiger partial charge in [-0.15, -0.1) is 0 Å². The van der Waals surface area contributed by atoms with Crippen LogP contribution in [0.4, 0.5) is 0 Å². The van der Waals surface area contributed by atoms with Crippen molar-refractivity contribution in [3.8, 4) is 5.75 Å². The van der Waals surface area contributed by atoms with Crippen molar-refractivity contribution >= 4 is 33.7 Å². The molecule has 3 N–H and O–H groups in total. The molecule has 0 amide bonds. The van der Waals surface area contributed by atoms with Gasteiger partial charge in [0.25, 0.3) is 0 Å². The minimum atomic E-state index is -4.07. The normalized spacial score (nSPS) is 11.2. The van der Waals surface area contributed by atoms with Crippen LogP contribution >= 0.6 is 11.6 Å². The van der Waals surface area contributed by atoms with Crippen molar-refractivity contribution in [2.75, 3.05) is 0 Å². The number of rotatable bonds is 4. The molecule has 22 heavy (non-hydrogen) atoms. The van der Waals surface area contributed by atoms with Gasteiger partial charge in [-0.25, -0.2) is 13.6 Å². The van der Waals surface area contributed by atoms with Gasteiger partial charge in [-0.2, -0.15) is 0 Å². The zero-order valence-electron chi connectivity index (χ0n) is 11.0. The van der Waals surface area contributed by atoms with Gasteiger partial charge in [0, 0.05) is 11.1 Å². The summed E-state index contributed by atoms with van der Waals surface area (Å²) in [5, 5.41) is 14.3. The number of carbonyl (C=O) groups is 2. The van der Waals surface area contributed by atoms with E-state index in [0.717, 1.165) is 6.07 Å². The third-order valence-electron chi connectivity index (χ3n) is 2.92. The smallest absolute Gasteiger partial charge is 0.239 e. The molecule has 0 radical (unpaired) electrons. The maximum absolute atomic E-state index is 12.3. The minimum absolute atomic E-state index is 0.0379. The molecule has 0 spiro atoms. The van der Waals surface area contributed by atoms with Gasteiger partial charge >= 0.3 is 0 Å². The van der Waals surface area contributed by atoms with Crippen molar-refractivity contribution < 1.29 is 23.1 Å². The van der Waals surface area contributed by atoms with Crippen molar-refractivity contribution in [3.63, 3.8) is 0 Å². The summed E-state index contributed by atoms with van der Waals surface area (Å²) in [5.74, 6) is -0.794. The maximum atomic E-state index is 12.3. The number of hydrogen-bond donors (Lipinski definition) is 2. The lowest BCUT2D eigenvalue weighted by molar-refractivity contribution is 0.103. The average Bonchev–Trinajstić information content (AvgIpc) is 2.46. The van der Waals surface area contributed by atoms with Gasteiger partial charge in [-0.05, 0) is 36.4 Å². The topological polar surface area (TPSA) is 115 Å². The monoisotopic (exact) mass is 339 g/mol. The van der Waals surface area contributed by atoms with Crippen LogP contribution in [0.5, 0.6) is 5.75 Å². The third-order valence-corrected chi connectivity index (χ3v) is 4.31. The number of benzene rings is 2. The highest BCUT2D eigenvalue weighted by Gasteiger charge is 2.18. The van der Waals surface area contributed by atoms with Crippen LogP contribution < -0.4 is 5.14 Å². The van der Waals surface area contributed by atoms with E-state index >= 15 is 0 Å². The lowest BCUT2D eigenvalue weighted by Crippen LogP contribution is -2.14. The Kier molecular flexibility index (Phi) is 4.32. The Bertz CT molecular complexity index is 877. The van der Waals surface area contributed by atoms with Crippen LogP contribution in [0, 0.1) is 0 Å². The first-order valence-electron chi connectivity index (χ1n) is 5.89. The molecule has 114 valence electrons. The summed E-state index contributed by atoms with van der Waals surface area (Å²) in [6.45, 7) is 0. The van der Waals surface area contributed by atoms with E-state index in [-0.39, 0.29) is 32.4 Å². The molecule has 0 atom stereocenters. The molecular weight excluding hydrogens is 330 g/mol. The van der Waals surface area contributed by atoms with Crippen molar-refractivity contribution in [2.45, 2.75) is 4.90 Å². The highest BCUT2D eigenvalue weighted by molar-refractivity contribution is 7.89. The van der Waals surface area contributed by atoms with Crippen LogP contribution in [0.15, 0.2) is 41.3 Å². The van der Waals surface area contributed by atoms with E-state index < -0.39 is 15.8 Å². The minimum Gasteiger partial charge on any atom is -0.507 e. The highest BCUT2D eigenvalue weighted by atomic mass is 35.5. The summed E-state index contributed by atoms with van der Waals surface area (Å²) >= 11 is 5.75. The Balaban J connectivity index is 2.53. The number of carbonyl (C=O) groups excluding carboxylic acids is 2. The molecular formula is C14H10ClNO5S. The van der Waals surface area contributed by atoms with E-state index in [1.165, 1.54) is 30.3 Å². The zero-order valence-corrected chi connectivity index (χ0v) is 12.6. The summed E-state index contributed by atoms with van der Waals surface area (Å²) in [7, 11) is -4.07. The summed E-state index contributed by atoms with van der Waals surface area (Å²) in [4.78, 5) is 22.8. The van der Waals surface area contributed by atoms with Crippen LogP contribution in [0.2, 0.25) is 5.02 Å². The van der Waals surface area contributed by atoms with Crippen LogP contribution in [0.3, 0.4) is 0 Å². The first-order chi connectivity index (χ1) is 10.2. The first-order valence-corrected chi connectivity index (χ1v) is 7.81. The Labute approximate surface area is 131 Å². The fourth-order valence-corrected chi connectivity index (χ4v) is 2.89. The van der Waals surface area contributed by atoms with Gasteiger partial charge in [0.1, 0.15) is 10.6 Å². The molecule has 0 unspecified atom stereocenters. The summed E-state index contributed by atoms with van der Waals surface area (Å²) in [6.07, 6.45) is 0.406. The maximum Gasteiger partial charge on any atom is 0.239 e. The van der Waals surface area contributed by atoms with E-state index in [2.05, 4.69) is 0 Å². The second-order valence-electron chi connectivity index (χ2n) is 4.41. The number of phenols is 1. The van der Waals surface area contributed by atoms with Crippen LogP contribution in [-0.2, 0) is 10.0 Å². The molecule has 0 fully saturated rings. The van der Waals surface area contributed by atoms with E-state index in [0.29, 0.717) is 6.29 Å².